The number of rotatable bonds is 6. The van der Waals surface area contributed by atoms with Crippen molar-refractivity contribution in [3.63, 3.8) is 0 Å². The normalized spacial score (nSPS) is 14.5. The van der Waals surface area contributed by atoms with Gasteiger partial charge in [-0.25, -0.2) is 0 Å². The summed E-state index contributed by atoms with van der Waals surface area (Å²) in [4.78, 5) is 5.54. The van der Waals surface area contributed by atoms with Crippen molar-refractivity contribution in [1.82, 2.24) is 9.13 Å². The molecule has 2 aromatic heterocycles. The van der Waals surface area contributed by atoms with Gasteiger partial charge in [0.05, 0.1) is 38.9 Å². The third kappa shape index (κ3) is 12.8. The predicted molar refractivity (Wildman–Crippen MR) is 545 cm³/mol. The molecule has 0 saturated heterocycles. The number of aromatic nitrogens is 2. The van der Waals surface area contributed by atoms with Crippen LogP contribution in [-0.4, -0.2) is 15.8 Å². The Balaban J connectivity index is 0.940. The van der Waals surface area contributed by atoms with Crippen LogP contribution in [0.3, 0.4) is 0 Å². The fourth-order valence-corrected chi connectivity index (χ4v) is 21.5. The molecular weight excluding hydrogens is 1520 g/mol. The van der Waals surface area contributed by atoms with Crippen LogP contribution in [-0.2, 0) is 54.1 Å². The van der Waals surface area contributed by atoms with Crippen LogP contribution in [0, 0.1) is 0 Å². The maximum Gasteiger partial charge on any atom is 0.252 e. The highest BCUT2D eigenvalue weighted by Gasteiger charge is 2.54. The van der Waals surface area contributed by atoms with E-state index >= 15 is 0 Å². The molecule has 0 radical (unpaired) electrons. The van der Waals surface area contributed by atoms with Gasteiger partial charge in [-0.15, -0.1) is 0 Å². The van der Waals surface area contributed by atoms with Crippen LogP contribution in [0.15, 0.2) is 267 Å². The summed E-state index contributed by atoms with van der Waals surface area (Å²) in [5.74, 6) is 0. The third-order valence-corrected chi connectivity index (χ3v) is 28.9. The van der Waals surface area contributed by atoms with E-state index in [4.69, 9.17) is 0 Å². The van der Waals surface area contributed by atoms with Crippen LogP contribution in [0.1, 0.15) is 259 Å². The average Bonchev–Trinajstić information content (AvgIpc) is 1.46. The van der Waals surface area contributed by atoms with E-state index in [0.29, 0.717) is 0 Å². The Bertz CT molecular complexity index is 7080. The van der Waals surface area contributed by atoms with Gasteiger partial charge in [-0.05, 0) is 268 Å². The van der Waals surface area contributed by atoms with E-state index in [2.05, 4.69) is 473 Å². The molecule has 2 aliphatic heterocycles. The Morgan fingerprint density at radius 1 is 0.222 bits per heavy atom. The molecule has 4 heterocycles. The van der Waals surface area contributed by atoms with E-state index in [9.17, 15) is 0 Å². The number of hydrogen-bond acceptors (Lipinski definition) is 2. The number of para-hydroxylation sites is 1. The Hall–Kier alpha value is -11.7. The average molecular weight is 1650 g/mol. The first-order valence-corrected chi connectivity index (χ1v) is 46.3. The third-order valence-electron chi connectivity index (χ3n) is 28.9. The van der Waals surface area contributed by atoms with Crippen molar-refractivity contribution in [1.29, 1.82) is 0 Å². The molecule has 16 aromatic rings. The fourth-order valence-electron chi connectivity index (χ4n) is 21.5. The number of hydrogen-bond donors (Lipinski definition) is 0. The Labute approximate surface area is 750 Å². The summed E-state index contributed by atoms with van der Waals surface area (Å²) in [6.45, 7) is 64.1. The lowest BCUT2D eigenvalue weighted by molar-refractivity contribution is 0.568. The lowest BCUT2D eigenvalue weighted by Crippen LogP contribution is -2.61. The molecule has 1 spiro atoms. The Kier molecular flexibility index (Phi) is 18.1. The number of fused-ring (bicyclic) bond motifs is 21. The molecule has 0 N–H and O–H groups in total. The second-order valence-corrected chi connectivity index (χ2v) is 46.8. The van der Waals surface area contributed by atoms with Gasteiger partial charge in [-0.1, -0.05) is 357 Å². The SMILES string of the molecule is CC(C)(C)c1cc(-c2cc(C(C)(C)C)ccc2N2c3cc(-n4c5ccc(C(C)(C)C)cc5c5cc(C(C)(C)C)ccc54)ccc3B3c4ccc(-n5c6ccccc6c6c7c(ccc65)-c5ccccc5C75c6ccccc6-c6ccccc65)cc4N(c4ccc(C(C)(C)C)cc4-c4cc(C(C)(C)C)cc(C(C)(C)C)c4)c4cc(C(C)(C)C)cc2c43)cc(C(C)(C)C)c1. The highest BCUT2D eigenvalue weighted by atomic mass is 15.2. The van der Waals surface area contributed by atoms with Crippen molar-refractivity contribution < 1.29 is 0 Å². The second kappa shape index (κ2) is 27.7. The topological polar surface area (TPSA) is 16.3 Å². The molecule has 0 fully saturated rings. The molecule has 632 valence electrons. The van der Waals surface area contributed by atoms with Crippen molar-refractivity contribution in [3.05, 3.63) is 339 Å². The summed E-state index contributed by atoms with van der Waals surface area (Å²) in [6, 6.07) is 108. The van der Waals surface area contributed by atoms with Gasteiger partial charge in [-0.3, -0.25) is 0 Å². The lowest BCUT2D eigenvalue weighted by atomic mass is 9.33. The first-order chi connectivity index (χ1) is 59.2. The predicted octanol–water partition coefficient (Wildman–Crippen LogP) is 31.3. The summed E-state index contributed by atoms with van der Waals surface area (Å²) in [6.07, 6.45) is 0. The Morgan fingerprint density at radius 2 is 0.548 bits per heavy atom. The molecular formula is C121H125BN4. The largest absolute Gasteiger partial charge is 0.311 e. The maximum absolute atomic E-state index is 2.77. The van der Waals surface area contributed by atoms with Crippen LogP contribution in [0.2, 0.25) is 0 Å². The maximum atomic E-state index is 2.77. The van der Waals surface area contributed by atoms with Crippen molar-refractivity contribution in [2.24, 2.45) is 0 Å². The minimum absolute atomic E-state index is 0.0670. The summed E-state index contributed by atoms with van der Waals surface area (Å²) >= 11 is 0. The van der Waals surface area contributed by atoms with Crippen LogP contribution in [0.5, 0.6) is 0 Å². The summed E-state index contributed by atoms with van der Waals surface area (Å²) in [5, 5.41) is 5.08. The second-order valence-electron chi connectivity index (χ2n) is 46.8. The molecule has 2 aliphatic carbocycles. The van der Waals surface area contributed by atoms with Gasteiger partial charge < -0.3 is 18.9 Å². The van der Waals surface area contributed by atoms with Gasteiger partial charge in [0, 0.05) is 66.8 Å². The minimum atomic E-state index is -0.574. The summed E-state index contributed by atoms with van der Waals surface area (Å²) < 4.78 is 5.23. The van der Waals surface area contributed by atoms with Gasteiger partial charge >= 0.3 is 0 Å². The molecule has 20 rings (SSSR count). The van der Waals surface area contributed by atoms with E-state index in [1.165, 1.54) is 188 Å². The Morgan fingerprint density at radius 3 is 0.944 bits per heavy atom. The molecule has 0 atom stereocenters. The van der Waals surface area contributed by atoms with Gasteiger partial charge in [0.15, 0.2) is 0 Å². The van der Waals surface area contributed by atoms with Gasteiger partial charge in [-0.2, -0.15) is 0 Å². The molecule has 0 saturated carbocycles. The fraction of sp³-hybridized carbons (Fsp3) is 0.306. The molecule has 4 aliphatic rings. The smallest absolute Gasteiger partial charge is 0.252 e. The van der Waals surface area contributed by atoms with Crippen LogP contribution in [0.25, 0.3) is 99.5 Å². The monoisotopic (exact) mass is 1640 g/mol. The molecule has 0 amide bonds. The zero-order chi connectivity index (χ0) is 89.1. The quantitative estimate of drug-likeness (QED) is 0.154. The van der Waals surface area contributed by atoms with Crippen LogP contribution in [0.4, 0.5) is 34.1 Å². The van der Waals surface area contributed by atoms with Crippen molar-refractivity contribution in [2.75, 3.05) is 9.80 Å². The summed E-state index contributed by atoms with van der Waals surface area (Å²) in [7, 11) is 0. The highest BCUT2D eigenvalue weighted by molar-refractivity contribution is 7.00. The highest BCUT2D eigenvalue weighted by Crippen LogP contribution is 2.65. The van der Waals surface area contributed by atoms with Gasteiger partial charge in [0.25, 0.3) is 6.71 Å². The van der Waals surface area contributed by atoms with Crippen molar-refractivity contribution in [3.8, 4) is 55.9 Å². The van der Waals surface area contributed by atoms with E-state index in [1.807, 2.05) is 0 Å². The van der Waals surface area contributed by atoms with Crippen LogP contribution >= 0.6 is 0 Å². The van der Waals surface area contributed by atoms with E-state index in [1.54, 1.807) is 0 Å². The first-order valence-electron chi connectivity index (χ1n) is 46.3. The molecule has 0 unspecified atom stereocenters. The standard InChI is InChI=1S/C121H125BN4/c1-112(2,3)74-44-53-100(90(64-74)72-58-78(116(13,14)15)62-79(59-72)117(16,17)18)125-105-70-83(123-102-55-46-76(114(7,8)9)66-92(102)93-67-77(115(10,11)12)47-56-103(93)123)48-51-97(105)122-98-52-49-84(124-99-43-35-31-39-89(99)109-104(124)57-50-88-87-38-30-34-42-96(87)121(110(88)109)94-40-32-28-36-85(94)86-37-29-33-41-95(86)121)71-106(98)126(108-69-82(120(25,26)27)68-107(125)111(108)122)101-54-45-75(113(4,5)6)65-91(101)73-60-80(118(19,20)21)63-81(61-73)119(22,23)24/h28-71H,1-27H3. The van der Waals surface area contributed by atoms with Gasteiger partial charge in [0.2, 0.25) is 0 Å². The van der Waals surface area contributed by atoms with E-state index in [-0.39, 0.29) is 55.4 Å². The van der Waals surface area contributed by atoms with E-state index < -0.39 is 5.41 Å². The minimum Gasteiger partial charge on any atom is -0.311 e. The number of benzene rings is 14. The van der Waals surface area contributed by atoms with E-state index in [0.717, 1.165) is 34.1 Å². The molecule has 5 heteroatoms. The van der Waals surface area contributed by atoms with Crippen molar-refractivity contribution in [2.45, 2.75) is 241 Å². The number of anilines is 6. The van der Waals surface area contributed by atoms with Crippen LogP contribution < -0.4 is 26.2 Å². The molecule has 0 bridgehead atoms. The molecule has 126 heavy (non-hydrogen) atoms. The molecule has 14 aromatic carbocycles. The summed E-state index contributed by atoms with van der Waals surface area (Å²) in [5.41, 5.74) is 43.0. The number of nitrogens with zero attached hydrogens (tertiary/aromatic N) is 4. The van der Waals surface area contributed by atoms with Crippen molar-refractivity contribution >= 4 is 101 Å². The zero-order valence-corrected chi connectivity index (χ0v) is 79.8. The molecule has 4 nitrogen and oxygen atoms in total. The zero-order valence-electron chi connectivity index (χ0n) is 79.8. The first kappa shape index (κ1) is 82.6. The van der Waals surface area contributed by atoms with Gasteiger partial charge in [0.1, 0.15) is 0 Å². The lowest BCUT2D eigenvalue weighted by Gasteiger charge is -2.46.